The van der Waals surface area contributed by atoms with E-state index < -0.39 is 5.82 Å². The van der Waals surface area contributed by atoms with Crippen molar-refractivity contribution in [2.75, 3.05) is 11.9 Å². The molecule has 3 nitrogen and oxygen atoms in total. The summed E-state index contributed by atoms with van der Waals surface area (Å²) < 4.78 is 19.3. The Bertz CT molecular complexity index is 480. The van der Waals surface area contributed by atoms with E-state index in [9.17, 15) is 4.39 Å². The summed E-state index contributed by atoms with van der Waals surface area (Å²) in [6.45, 7) is 4.81. The zero-order valence-corrected chi connectivity index (χ0v) is 11.3. The molecular formula is C13H17FN2OS. The number of thiocarbonyl (C=S) groups is 1. The second kappa shape index (κ2) is 4.82. The van der Waals surface area contributed by atoms with Crippen LogP contribution < -0.4 is 11.1 Å². The molecule has 0 amide bonds. The normalized spacial score (nSPS) is 27.2. The molecule has 2 atom stereocenters. The fourth-order valence-electron chi connectivity index (χ4n) is 2.12. The van der Waals surface area contributed by atoms with Crippen LogP contribution in [0.1, 0.15) is 25.8 Å². The minimum Gasteiger partial charge on any atom is -0.389 e. The van der Waals surface area contributed by atoms with Gasteiger partial charge in [0.15, 0.2) is 0 Å². The Balaban J connectivity index is 2.20. The first-order chi connectivity index (χ1) is 8.42. The number of hydrogen-bond donors (Lipinski definition) is 2. The van der Waals surface area contributed by atoms with Gasteiger partial charge in [-0.1, -0.05) is 12.2 Å². The molecule has 18 heavy (non-hydrogen) atoms. The Labute approximate surface area is 112 Å². The average Bonchev–Trinajstić information content (AvgIpc) is 2.58. The van der Waals surface area contributed by atoms with Crippen LogP contribution >= 0.6 is 12.2 Å². The van der Waals surface area contributed by atoms with Crippen LogP contribution in [-0.2, 0) is 4.74 Å². The molecule has 3 N–H and O–H groups in total. The number of benzene rings is 1. The highest BCUT2D eigenvalue weighted by Crippen LogP contribution is 2.30. The molecule has 0 spiro atoms. The third-order valence-electron chi connectivity index (χ3n) is 3.55. The fraction of sp³-hybridized carbons (Fsp3) is 0.462. The van der Waals surface area contributed by atoms with Gasteiger partial charge < -0.3 is 15.8 Å². The van der Waals surface area contributed by atoms with Crippen LogP contribution in [-0.4, -0.2) is 23.2 Å². The number of halogens is 1. The van der Waals surface area contributed by atoms with E-state index in [0.29, 0.717) is 5.69 Å². The monoisotopic (exact) mass is 268 g/mol. The highest BCUT2D eigenvalue weighted by atomic mass is 32.1. The van der Waals surface area contributed by atoms with Gasteiger partial charge in [-0.05, 0) is 38.5 Å². The van der Waals surface area contributed by atoms with Crippen LogP contribution in [0.15, 0.2) is 18.2 Å². The van der Waals surface area contributed by atoms with Crippen LogP contribution in [0.25, 0.3) is 0 Å². The molecule has 1 aliphatic heterocycles. The third kappa shape index (κ3) is 2.47. The molecule has 1 fully saturated rings. The second-order valence-corrected chi connectivity index (χ2v) is 5.30. The van der Waals surface area contributed by atoms with E-state index in [2.05, 4.69) is 12.2 Å². The van der Waals surface area contributed by atoms with Crippen LogP contribution in [0, 0.1) is 5.82 Å². The molecule has 0 radical (unpaired) electrons. The predicted molar refractivity (Wildman–Crippen MR) is 74.3 cm³/mol. The van der Waals surface area contributed by atoms with Crippen molar-refractivity contribution in [3.63, 3.8) is 0 Å². The molecule has 1 saturated heterocycles. The minimum absolute atomic E-state index is 0.0721. The molecule has 1 aliphatic rings. The maximum absolute atomic E-state index is 13.8. The van der Waals surface area contributed by atoms with E-state index in [1.807, 2.05) is 6.92 Å². The number of rotatable bonds is 3. The average molecular weight is 268 g/mol. The van der Waals surface area contributed by atoms with Crippen molar-refractivity contribution in [3.8, 4) is 0 Å². The van der Waals surface area contributed by atoms with Gasteiger partial charge in [0.25, 0.3) is 0 Å². The van der Waals surface area contributed by atoms with Gasteiger partial charge in [-0.3, -0.25) is 0 Å². The van der Waals surface area contributed by atoms with Crippen LogP contribution in [0.5, 0.6) is 0 Å². The van der Waals surface area contributed by atoms with Crippen LogP contribution in [0.3, 0.4) is 0 Å². The quantitative estimate of drug-likeness (QED) is 0.827. The van der Waals surface area contributed by atoms with Gasteiger partial charge in [-0.15, -0.1) is 0 Å². The maximum Gasteiger partial charge on any atom is 0.135 e. The van der Waals surface area contributed by atoms with Crippen LogP contribution in [0.4, 0.5) is 10.1 Å². The van der Waals surface area contributed by atoms with Crippen molar-refractivity contribution < 1.29 is 9.13 Å². The Hall–Kier alpha value is -1.20. The lowest BCUT2D eigenvalue weighted by molar-refractivity contribution is 0.105. The SMILES string of the molecule is CC1OCCC1(C)Nc1ccc(C(N)=S)c(F)c1. The van der Waals surface area contributed by atoms with E-state index in [1.54, 1.807) is 12.1 Å². The summed E-state index contributed by atoms with van der Waals surface area (Å²) in [6, 6.07) is 4.81. The number of nitrogens with two attached hydrogens (primary N) is 1. The summed E-state index contributed by atoms with van der Waals surface area (Å²) >= 11 is 4.77. The Kier molecular flexibility index (Phi) is 3.54. The van der Waals surface area contributed by atoms with Crippen LogP contribution in [0.2, 0.25) is 0 Å². The van der Waals surface area contributed by atoms with Crippen molar-refractivity contribution in [1.82, 2.24) is 0 Å². The van der Waals surface area contributed by atoms with Gasteiger partial charge in [0.2, 0.25) is 0 Å². The van der Waals surface area contributed by atoms with Gasteiger partial charge >= 0.3 is 0 Å². The first kappa shape index (κ1) is 13.2. The molecule has 1 aromatic carbocycles. The number of ether oxygens (including phenoxy) is 1. The smallest absolute Gasteiger partial charge is 0.135 e. The first-order valence-electron chi connectivity index (χ1n) is 5.91. The summed E-state index contributed by atoms with van der Waals surface area (Å²) in [7, 11) is 0. The summed E-state index contributed by atoms with van der Waals surface area (Å²) in [6.07, 6.45) is 0.989. The van der Waals surface area contributed by atoms with Gasteiger partial charge in [0.05, 0.1) is 11.6 Å². The molecule has 0 aliphatic carbocycles. The molecular weight excluding hydrogens is 251 g/mol. The third-order valence-corrected chi connectivity index (χ3v) is 3.77. The van der Waals surface area contributed by atoms with E-state index in [0.717, 1.165) is 13.0 Å². The summed E-state index contributed by atoms with van der Waals surface area (Å²) in [5.41, 5.74) is 6.25. The number of anilines is 1. The van der Waals surface area contributed by atoms with Crippen molar-refractivity contribution in [3.05, 3.63) is 29.6 Å². The van der Waals surface area contributed by atoms with E-state index in [4.69, 9.17) is 22.7 Å². The van der Waals surface area contributed by atoms with Gasteiger partial charge in [0, 0.05) is 17.9 Å². The molecule has 0 saturated carbocycles. The van der Waals surface area contributed by atoms with Crippen molar-refractivity contribution in [1.29, 1.82) is 0 Å². The van der Waals surface area contributed by atoms with Gasteiger partial charge in [0.1, 0.15) is 10.8 Å². The molecule has 98 valence electrons. The lowest BCUT2D eigenvalue weighted by Gasteiger charge is -2.30. The highest BCUT2D eigenvalue weighted by Gasteiger charge is 2.36. The largest absolute Gasteiger partial charge is 0.389 e. The first-order valence-corrected chi connectivity index (χ1v) is 6.32. The molecule has 1 aromatic rings. The summed E-state index contributed by atoms with van der Waals surface area (Å²) in [5.74, 6) is -0.400. The standard InChI is InChI=1S/C13H17FN2OS/c1-8-13(2,5-6-17-8)16-9-3-4-10(12(15)18)11(14)7-9/h3-4,7-8,16H,5-6H2,1-2H3,(H2,15,18). The molecule has 5 heteroatoms. The highest BCUT2D eigenvalue weighted by molar-refractivity contribution is 7.80. The van der Waals surface area contributed by atoms with E-state index in [-0.39, 0.29) is 22.2 Å². The van der Waals surface area contributed by atoms with E-state index >= 15 is 0 Å². The number of hydrogen-bond acceptors (Lipinski definition) is 3. The molecule has 0 aromatic heterocycles. The van der Waals surface area contributed by atoms with Crippen molar-refractivity contribution >= 4 is 22.9 Å². The van der Waals surface area contributed by atoms with Gasteiger partial charge in [-0.2, -0.15) is 0 Å². The minimum atomic E-state index is -0.400. The second-order valence-electron chi connectivity index (χ2n) is 4.86. The molecule has 1 heterocycles. The zero-order valence-electron chi connectivity index (χ0n) is 10.5. The summed E-state index contributed by atoms with van der Waals surface area (Å²) in [5, 5.41) is 3.32. The predicted octanol–water partition coefficient (Wildman–Crippen LogP) is 2.44. The Morgan fingerprint density at radius 1 is 1.61 bits per heavy atom. The molecule has 2 rings (SSSR count). The van der Waals surface area contributed by atoms with E-state index in [1.165, 1.54) is 6.07 Å². The van der Waals surface area contributed by atoms with Crippen molar-refractivity contribution in [2.45, 2.75) is 31.9 Å². The fourth-order valence-corrected chi connectivity index (χ4v) is 2.29. The molecule has 2 unspecified atom stereocenters. The van der Waals surface area contributed by atoms with Crippen molar-refractivity contribution in [2.24, 2.45) is 5.73 Å². The van der Waals surface area contributed by atoms with Gasteiger partial charge in [-0.25, -0.2) is 4.39 Å². The zero-order chi connectivity index (χ0) is 13.3. The number of nitrogens with one attached hydrogen (secondary N) is 1. The Morgan fingerprint density at radius 2 is 2.33 bits per heavy atom. The maximum atomic E-state index is 13.8. The lowest BCUT2D eigenvalue weighted by atomic mass is 9.94. The lowest BCUT2D eigenvalue weighted by Crippen LogP contribution is -2.41. The summed E-state index contributed by atoms with van der Waals surface area (Å²) in [4.78, 5) is 0.0721. The Morgan fingerprint density at radius 3 is 2.83 bits per heavy atom. The molecule has 0 bridgehead atoms. The topological polar surface area (TPSA) is 47.3 Å².